The van der Waals surface area contributed by atoms with Crippen LogP contribution in [0.4, 0.5) is 17.1 Å². The highest BCUT2D eigenvalue weighted by Gasteiger charge is 2.14. The van der Waals surface area contributed by atoms with Crippen LogP contribution in [0.3, 0.4) is 0 Å². The van der Waals surface area contributed by atoms with Crippen molar-refractivity contribution in [3.05, 3.63) is 176 Å². The quantitative estimate of drug-likeness (QED) is 0.208. The second-order valence-electron chi connectivity index (χ2n) is 9.91. The lowest BCUT2D eigenvalue weighted by molar-refractivity contribution is 1.28. The van der Waals surface area contributed by atoms with E-state index in [2.05, 4.69) is 36.4 Å². The van der Waals surface area contributed by atoms with Gasteiger partial charge in [-0.05, 0) is 80.5 Å². The molecule has 0 unspecified atom stereocenters. The molecule has 0 N–H and O–H groups in total. The SMILES string of the molecule is [2H]c1c([2H])c(-c2cccc3ccccc23)c([2H])c(N(c2ccccc2)c2ccc(-c3ccc(-c4ccccc4)cc3)cc2)c1[2H]. The van der Waals surface area contributed by atoms with Gasteiger partial charge in [0.2, 0.25) is 0 Å². The summed E-state index contributed by atoms with van der Waals surface area (Å²) in [5, 5.41) is 1.89. The van der Waals surface area contributed by atoms with E-state index in [1.807, 2.05) is 120 Å². The van der Waals surface area contributed by atoms with Gasteiger partial charge in [0.25, 0.3) is 0 Å². The fourth-order valence-corrected chi connectivity index (χ4v) is 5.30. The lowest BCUT2D eigenvalue weighted by Crippen LogP contribution is -2.09. The maximum atomic E-state index is 9.47. The van der Waals surface area contributed by atoms with Crippen LogP contribution in [0.25, 0.3) is 44.2 Å². The normalized spacial score (nSPS) is 12.3. The molecule has 0 spiro atoms. The predicted octanol–water partition coefficient (Wildman–Crippen LogP) is 11.3. The molecule has 0 aromatic heterocycles. The molecule has 0 bridgehead atoms. The van der Waals surface area contributed by atoms with Gasteiger partial charge in [0, 0.05) is 17.1 Å². The molecule has 41 heavy (non-hydrogen) atoms. The highest BCUT2D eigenvalue weighted by molar-refractivity contribution is 5.97. The van der Waals surface area contributed by atoms with E-state index in [0.717, 1.165) is 38.8 Å². The summed E-state index contributed by atoms with van der Waals surface area (Å²) in [4.78, 5) is 1.86. The Morgan fingerprint density at radius 3 is 1.63 bits per heavy atom. The first-order chi connectivity index (χ1) is 22.0. The molecule has 194 valence electrons. The van der Waals surface area contributed by atoms with Crippen molar-refractivity contribution in [2.45, 2.75) is 0 Å². The van der Waals surface area contributed by atoms with Gasteiger partial charge in [0.1, 0.15) is 0 Å². The second kappa shape index (κ2) is 11.0. The average Bonchev–Trinajstić information content (AvgIpc) is 3.10. The van der Waals surface area contributed by atoms with Crippen LogP contribution in [-0.4, -0.2) is 0 Å². The first kappa shape index (κ1) is 20.5. The number of para-hydroxylation sites is 1. The molecule has 0 saturated heterocycles. The zero-order valence-corrected chi connectivity index (χ0v) is 22.4. The molecule has 0 radical (unpaired) electrons. The standard InChI is InChI=1S/C40H29N/c1-3-11-30(12-4-1)31-21-23-32(24-22-31)33-25-27-37(28-26-33)41(36-16-5-2-6-17-36)38-18-9-15-35(29-38)40-20-10-14-34-13-7-8-19-39(34)40/h1-29H/i9D,15D,18D,29D. The number of nitrogens with zero attached hydrogens (tertiary/aromatic N) is 1. The van der Waals surface area contributed by atoms with Gasteiger partial charge in [-0.25, -0.2) is 0 Å². The third kappa shape index (κ3) is 5.02. The van der Waals surface area contributed by atoms with Gasteiger partial charge in [-0.2, -0.15) is 0 Å². The van der Waals surface area contributed by atoms with E-state index >= 15 is 0 Å². The Morgan fingerprint density at radius 2 is 0.927 bits per heavy atom. The van der Waals surface area contributed by atoms with E-state index in [4.69, 9.17) is 4.11 Å². The van der Waals surface area contributed by atoms with Crippen molar-refractivity contribution in [2.75, 3.05) is 4.90 Å². The molecule has 7 aromatic carbocycles. The molecule has 0 atom stereocenters. The van der Waals surface area contributed by atoms with Crippen molar-refractivity contribution >= 4 is 27.8 Å². The maximum absolute atomic E-state index is 9.47. The fourth-order valence-electron chi connectivity index (χ4n) is 5.30. The summed E-state index contributed by atoms with van der Waals surface area (Å²) in [6.45, 7) is 0. The molecular formula is C40H29N. The first-order valence-electron chi connectivity index (χ1n) is 15.7. The van der Waals surface area contributed by atoms with E-state index in [-0.39, 0.29) is 29.9 Å². The van der Waals surface area contributed by atoms with Crippen molar-refractivity contribution < 1.29 is 5.48 Å². The second-order valence-corrected chi connectivity index (χ2v) is 9.91. The molecule has 0 aliphatic carbocycles. The minimum atomic E-state index is -0.208. The van der Waals surface area contributed by atoms with E-state index in [0.29, 0.717) is 11.1 Å². The van der Waals surface area contributed by atoms with Gasteiger partial charge in [-0.1, -0.05) is 139 Å². The Morgan fingerprint density at radius 1 is 0.390 bits per heavy atom. The molecule has 7 rings (SSSR count). The fraction of sp³-hybridized carbons (Fsp3) is 0. The third-order valence-corrected chi connectivity index (χ3v) is 7.36. The number of anilines is 3. The molecule has 0 heterocycles. The Labute approximate surface area is 247 Å². The Balaban J connectivity index is 1.35. The van der Waals surface area contributed by atoms with Gasteiger partial charge in [0.15, 0.2) is 0 Å². The van der Waals surface area contributed by atoms with Crippen LogP contribution in [0.2, 0.25) is 0 Å². The number of hydrogen-bond acceptors (Lipinski definition) is 1. The van der Waals surface area contributed by atoms with Crippen molar-refractivity contribution in [3.63, 3.8) is 0 Å². The molecule has 1 nitrogen and oxygen atoms in total. The third-order valence-electron chi connectivity index (χ3n) is 7.36. The summed E-state index contributed by atoms with van der Waals surface area (Å²) in [5.74, 6) is 0. The van der Waals surface area contributed by atoms with Gasteiger partial charge in [-0.15, -0.1) is 0 Å². The molecule has 0 aliphatic heterocycles. The highest BCUT2D eigenvalue weighted by Crippen LogP contribution is 2.38. The average molecular weight is 528 g/mol. The van der Waals surface area contributed by atoms with Crippen LogP contribution in [0.1, 0.15) is 5.48 Å². The Bertz CT molecular complexity index is 2120. The van der Waals surface area contributed by atoms with Gasteiger partial charge < -0.3 is 4.90 Å². The first-order valence-corrected chi connectivity index (χ1v) is 13.7. The van der Waals surface area contributed by atoms with Crippen LogP contribution in [0, 0.1) is 0 Å². The van der Waals surface area contributed by atoms with Crippen LogP contribution < -0.4 is 4.90 Å². The highest BCUT2D eigenvalue weighted by atomic mass is 15.1. The van der Waals surface area contributed by atoms with E-state index in [9.17, 15) is 1.37 Å². The summed E-state index contributed by atoms with van der Waals surface area (Å²) in [7, 11) is 0. The summed E-state index contributed by atoms with van der Waals surface area (Å²) in [5.41, 5.74) is 7.30. The molecule has 0 aliphatic rings. The van der Waals surface area contributed by atoms with Crippen LogP contribution >= 0.6 is 0 Å². The Hall–Kier alpha value is -5.40. The molecule has 0 fully saturated rings. The van der Waals surface area contributed by atoms with E-state index in [1.54, 1.807) is 0 Å². The van der Waals surface area contributed by atoms with Crippen molar-refractivity contribution in [1.29, 1.82) is 0 Å². The summed E-state index contributed by atoms with van der Waals surface area (Å²) >= 11 is 0. The van der Waals surface area contributed by atoms with Crippen LogP contribution in [-0.2, 0) is 0 Å². The molecule has 7 aromatic rings. The van der Waals surface area contributed by atoms with Crippen molar-refractivity contribution in [2.24, 2.45) is 0 Å². The predicted molar refractivity (Wildman–Crippen MR) is 175 cm³/mol. The summed E-state index contributed by atoms with van der Waals surface area (Å²) in [6.07, 6.45) is 0. The summed E-state index contributed by atoms with van der Waals surface area (Å²) < 4.78 is 36.2. The van der Waals surface area contributed by atoms with E-state index in [1.165, 1.54) is 5.56 Å². The number of benzene rings is 7. The minimum Gasteiger partial charge on any atom is -0.310 e. The zero-order chi connectivity index (χ0) is 30.9. The van der Waals surface area contributed by atoms with E-state index < -0.39 is 0 Å². The maximum Gasteiger partial charge on any atom is 0.0651 e. The number of rotatable bonds is 6. The number of hydrogen-bond donors (Lipinski definition) is 0. The van der Waals surface area contributed by atoms with Crippen LogP contribution in [0.5, 0.6) is 0 Å². The number of fused-ring (bicyclic) bond motifs is 1. The smallest absolute Gasteiger partial charge is 0.0651 e. The molecule has 0 saturated carbocycles. The van der Waals surface area contributed by atoms with Crippen molar-refractivity contribution in [1.82, 2.24) is 0 Å². The Kier molecular flexibility index (Phi) is 5.50. The monoisotopic (exact) mass is 527 g/mol. The zero-order valence-electron chi connectivity index (χ0n) is 26.4. The summed E-state index contributed by atoms with van der Waals surface area (Å²) in [6, 6.07) is 49.7. The van der Waals surface area contributed by atoms with Gasteiger partial charge in [0.05, 0.1) is 5.48 Å². The lowest BCUT2D eigenvalue weighted by Gasteiger charge is -2.26. The van der Waals surface area contributed by atoms with Crippen LogP contribution in [0.15, 0.2) is 176 Å². The van der Waals surface area contributed by atoms with Gasteiger partial charge >= 0.3 is 0 Å². The lowest BCUT2D eigenvalue weighted by atomic mass is 9.97. The molecular weight excluding hydrogens is 494 g/mol. The largest absolute Gasteiger partial charge is 0.310 e. The minimum absolute atomic E-state index is 0.0433. The van der Waals surface area contributed by atoms with Gasteiger partial charge in [-0.3, -0.25) is 0 Å². The topological polar surface area (TPSA) is 3.24 Å². The van der Waals surface area contributed by atoms with Crippen molar-refractivity contribution in [3.8, 4) is 33.4 Å². The molecule has 1 heteroatoms. The molecule has 0 amide bonds.